The lowest BCUT2D eigenvalue weighted by molar-refractivity contribution is -0.115. The molecule has 0 spiro atoms. The number of carbonyl (C=O) groups excluding carboxylic acids is 1. The van der Waals surface area contributed by atoms with Gasteiger partial charge in [0, 0.05) is 18.3 Å². The number of nitrogens with one attached hydrogen (secondary N) is 1. The van der Waals surface area contributed by atoms with Crippen LogP contribution in [0.1, 0.15) is 24.3 Å². The van der Waals surface area contributed by atoms with Gasteiger partial charge in [-0.3, -0.25) is 9.79 Å². The Kier molecular flexibility index (Phi) is 3.30. The Balaban J connectivity index is 1.72. The highest BCUT2D eigenvalue weighted by atomic mass is 19.1. The molecule has 1 aliphatic carbocycles. The molecule has 4 heteroatoms. The maximum atomic E-state index is 14.1. The molecule has 1 heterocycles. The minimum absolute atomic E-state index is 0.00330. The number of carbonyl (C=O) groups is 1. The zero-order valence-corrected chi connectivity index (χ0v) is 12.4. The molecule has 0 radical (unpaired) electrons. The van der Waals surface area contributed by atoms with Crippen molar-refractivity contribution in [1.29, 1.82) is 0 Å². The highest BCUT2D eigenvalue weighted by Crippen LogP contribution is 2.38. The number of hydrogen-bond acceptors (Lipinski definition) is 3. The van der Waals surface area contributed by atoms with Gasteiger partial charge in [0.25, 0.3) is 0 Å². The molecule has 3 nitrogen and oxygen atoms in total. The van der Waals surface area contributed by atoms with Gasteiger partial charge in [-0.25, -0.2) is 4.39 Å². The number of ketones is 1. The molecule has 1 N–H and O–H groups in total. The van der Waals surface area contributed by atoms with E-state index in [9.17, 15) is 9.18 Å². The van der Waals surface area contributed by atoms with Crippen molar-refractivity contribution in [2.45, 2.75) is 18.8 Å². The van der Waals surface area contributed by atoms with Gasteiger partial charge in [-0.15, -0.1) is 0 Å². The van der Waals surface area contributed by atoms with Crippen molar-refractivity contribution in [2.75, 3.05) is 5.32 Å². The average Bonchev–Trinajstić information content (AvgIpc) is 2.74. The molecule has 2 aromatic carbocycles. The number of hydrogen-bond donors (Lipinski definition) is 1. The van der Waals surface area contributed by atoms with Gasteiger partial charge >= 0.3 is 0 Å². The van der Waals surface area contributed by atoms with Crippen LogP contribution >= 0.6 is 0 Å². The number of para-hydroxylation sites is 2. The average molecular weight is 306 g/mol. The van der Waals surface area contributed by atoms with E-state index in [4.69, 9.17) is 0 Å². The molecule has 1 aliphatic heterocycles. The fraction of sp³-hybridized carbons (Fsp3) is 0.158. The highest BCUT2D eigenvalue weighted by Gasteiger charge is 2.30. The summed E-state index contributed by atoms with van der Waals surface area (Å²) in [4.78, 5) is 16.9. The van der Waals surface area contributed by atoms with Crippen LogP contribution in [0.15, 0.2) is 64.8 Å². The Morgan fingerprint density at radius 2 is 1.83 bits per heavy atom. The smallest absolute Gasteiger partial charge is 0.166 e. The van der Waals surface area contributed by atoms with E-state index < -0.39 is 0 Å². The van der Waals surface area contributed by atoms with Crippen LogP contribution in [0.5, 0.6) is 0 Å². The molecular weight excluding hydrogens is 291 g/mol. The van der Waals surface area contributed by atoms with Crippen LogP contribution in [0.2, 0.25) is 0 Å². The Morgan fingerprint density at radius 1 is 1.04 bits per heavy atom. The van der Waals surface area contributed by atoms with Crippen LogP contribution in [0.3, 0.4) is 0 Å². The largest absolute Gasteiger partial charge is 0.356 e. The molecule has 0 saturated heterocycles. The van der Waals surface area contributed by atoms with Crippen LogP contribution < -0.4 is 5.32 Å². The van der Waals surface area contributed by atoms with Crippen molar-refractivity contribution in [2.24, 2.45) is 4.99 Å². The van der Waals surface area contributed by atoms with Gasteiger partial charge in [0.1, 0.15) is 5.82 Å². The molecule has 2 aromatic rings. The fourth-order valence-corrected chi connectivity index (χ4v) is 3.21. The molecule has 0 unspecified atom stereocenters. The molecular formula is C19H15FN2O. The van der Waals surface area contributed by atoms with Crippen molar-refractivity contribution in [1.82, 2.24) is 0 Å². The Bertz CT molecular complexity index is 854. The third kappa shape index (κ3) is 2.46. The molecule has 1 atom stereocenters. The third-order valence-corrected chi connectivity index (χ3v) is 4.38. The van der Waals surface area contributed by atoms with Gasteiger partial charge in [0.2, 0.25) is 0 Å². The minimum Gasteiger partial charge on any atom is -0.356 e. The van der Waals surface area contributed by atoms with E-state index in [2.05, 4.69) is 10.3 Å². The first-order valence-corrected chi connectivity index (χ1v) is 7.63. The van der Waals surface area contributed by atoms with E-state index in [0.717, 1.165) is 17.1 Å². The first kappa shape index (κ1) is 13.9. The molecule has 0 fully saturated rings. The monoisotopic (exact) mass is 306 g/mol. The topological polar surface area (TPSA) is 41.5 Å². The van der Waals surface area contributed by atoms with Gasteiger partial charge in [0.15, 0.2) is 5.78 Å². The second-order valence-corrected chi connectivity index (χ2v) is 5.84. The van der Waals surface area contributed by atoms with Gasteiger partial charge in [0.05, 0.1) is 16.9 Å². The molecule has 23 heavy (non-hydrogen) atoms. The standard InChI is InChI=1S/C19H15FN2O/c20-15-6-2-1-5-13(15)12-9-18-14(19(23)10-12)11-21-16-7-3-4-8-17(16)22-18/h1-8,11-12,22H,9-10H2/t12-/m1/s1. The molecule has 0 amide bonds. The van der Waals surface area contributed by atoms with Crippen molar-refractivity contribution >= 4 is 23.4 Å². The lowest BCUT2D eigenvalue weighted by Gasteiger charge is -2.25. The lowest BCUT2D eigenvalue weighted by atomic mass is 9.82. The zero-order valence-electron chi connectivity index (χ0n) is 12.4. The normalized spacial score (nSPS) is 19.7. The lowest BCUT2D eigenvalue weighted by Crippen LogP contribution is -2.22. The second kappa shape index (κ2) is 5.47. The van der Waals surface area contributed by atoms with Crippen molar-refractivity contribution in [3.05, 3.63) is 71.2 Å². The summed E-state index contributed by atoms with van der Waals surface area (Å²) in [6.45, 7) is 0. The maximum Gasteiger partial charge on any atom is 0.166 e. The number of halogens is 1. The summed E-state index contributed by atoms with van der Waals surface area (Å²) in [5, 5.41) is 3.32. The van der Waals surface area contributed by atoms with Crippen LogP contribution in [-0.2, 0) is 4.79 Å². The van der Waals surface area contributed by atoms with E-state index in [1.807, 2.05) is 30.3 Å². The summed E-state index contributed by atoms with van der Waals surface area (Å²) in [5.74, 6) is -0.394. The number of nitrogens with zero attached hydrogens (tertiary/aromatic N) is 1. The van der Waals surface area contributed by atoms with Crippen LogP contribution in [-0.4, -0.2) is 12.0 Å². The SMILES string of the molecule is O=C1C[C@H](c2ccccc2F)CC2=C1C=Nc1ccccc1N2. The number of anilines is 1. The number of benzene rings is 2. The van der Waals surface area contributed by atoms with Crippen LogP contribution in [0.25, 0.3) is 0 Å². The Hall–Kier alpha value is -2.75. The van der Waals surface area contributed by atoms with E-state index in [0.29, 0.717) is 24.0 Å². The summed E-state index contributed by atoms with van der Waals surface area (Å²) < 4.78 is 14.1. The minimum atomic E-state index is -0.253. The summed E-state index contributed by atoms with van der Waals surface area (Å²) in [6, 6.07) is 14.3. The van der Waals surface area contributed by atoms with Crippen LogP contribution in [0, 0.1) is 5.82 Å². The Labute approximate surface area is 133 Å². The van der Waals surface area contributed by atoms with Gasteiger partial charge < -0.3 is 5.32 Å². The molecule has 2 aliphatic rings. The quantitative estimate of drug-likeness (QED) is 0.850. The summed E-state index contributed by atoms with van der Waals surface area (Å²) in [7, 11) is 0. The number of aliphatic imine (C=N–C) groups is 1. The maximum absolute atomic E-state index is 14.1. The van der Waals surface area contributed by atoms with Crippen LogP contribution in [0.4, 0.5) is 15.8 Å². The zero-order chi connectivity index (χ0) is 15.8. The number of Topliss-reactive ketones (excluding diaryl/α,β-unsaturated/α-hetero) is 1. The molecule has 0 aromatic heterocycles. The van der Waals surface area contributed by atoms with Crippen molar-refractivity contribution in [3.8, 4) is 0 Å². The first-order valence-electron chi connectivity index (χ1n) is 7.63. The molecule has 4 rings (SSSR count). The predicted octanol–water partition coefficient (Wildman–Crippen LogP) is 4.35. The third-order valence-electron chi connectivity index (χ3n) is 4.38. The van der Waals surface area contributed by atoms with Crippen molar-refractivity contribution < 1.29 is 9.18 Å². The first-order chi connectivity index (χ1) is 11.2. The van der Waals surface area contributed by atoms with E-state index in [1.54, 1.807) is 18.3 Å². The highest BCUT2D eigenvalue weighted by molar-refractivity contribution is 6.16. The Morgan fingerprint density at radius 3 is 2.70 bits per heavy atom. The summed E-state index contributed by atoms with van der Waals surface area (Å²) >= 11 is 0. The van der Waals surface area contributed by atoms with Gasteiger partial charge in [-0.1, -0.05) is 30.3 Å². The molecule has 0 saturated carbocycles. The van der Waals surface area contributed by atoms with E-state index >= 15 is 0 Å². The van der Waals surface area contributed by atoms with E-state index in [-0.39, 0.29) is 17.5 Å². The summed E-state index contributed by atoms with van der Waals surface area (Å²) in [5.41, 5.74) is 3.70. The fourth-order valence-electron chi connectivity index (χ4n) is 3.21. The second-order valence-electron chi connectivity index (χ2n) is 5.84. The molecule has 0 bridgehead atoms. The molecule has 114 valence electrons. The number of allylic oxidation sites excluding steroid dienone is 2. The predicted molar refractivity (Wildman–Crippen MR) is 88.6 cm³/mol. The number of fused-ring (bicyclic) bond motifs is 1. The summed E-state index contributed by atoms with van der Waals surface area (Å²) in [6.07, 6.45) is 2.54. The van der Waals surface area contributed by atoms with Crippen molar-refractivity contribution in [3.63, 3.8) is 0 Å². The van der Waals surface area contributed by atoms with E-state index in [1.165, 1.54) is 6.07 Å². The number of rotatable bonds is 1. The van der Waals surface area contributed by atoms with Gasteiger partial charge in [-0.2, -0.15) is 0 Å². The van der Waals surface area contributed by atoms with Gasteiger partial charge in [-0.05, 0) is 36.1 Å².